The van der Waals surface area contributed by atoms with E-state index in [9.17, 15) is 9.59 Å². The van der Waals surface area contributed by atoms with Crippen molar-refractivity contribution < 1.29 is 27.9 Å². The summed E-state index contributed by atoms with van der Waals surface area (Å²) in [6.45, 7) is 30.6. The number of hydrogen-bond donors (Lipinski definition) is 0. The molecule has 2 fully saturated rings. The summed E-state index contributed by atoms with van der Waals surface area (Å²) in [4.78, 5) is 25.5. The van der Waals surface area contributed by atoms with Gasteiger partial charge in [-0.2, -0.15) is 0 Å². The van der Waals surface area contributed by atoms with Crippen molar-refractivity contribution in [3.05, 3.63) is 12.2 Å². The van der Waals surface area contributed by atoms with E-state index >= 15 is 0 Å². The van der Waals surface area contributed by atoms with Gasteiger partial charge in [-0.05, 0) is 89.0 Å². The number of ether oxygens (including phenoxy) is 2. The molecule has 0 saturated carbocycles. The second-order valence-electron chi connectivity index (χ2n) is 15.1. The van der Waals surface area contributed by atoms with Gasteiger partial charge in [0.25, 0.3) is 0 Å². The van der Waals surface area contributed by atoms with Crippen LogP contribution in [0.2, 0.25) is 36.3 Å². The van der Waals surface area contributed by atoms with E-state index in [4.69, 9.17) is 18.3 Å². The highest BCUT2D eigenvalue weighted by atomic mass is 28.4. The lowest BCUT2D eigenvalue weighted by atomic mass is 9.94. The summed E-state index contributed by atoms with van der Waals surface area (Å²) in [5, 5.41) is 0.262. The van der Waals surface area contributed by atoms with Gasteiger partial charge in [-0.15, -0.1) is 0 Å². The molecule has 0 aromatic rings. The molecule has 1 unspecified atom stereocenters. The van der Waals surface area contributed by atoms with Gasteiger partial charge in [0, 0.05) is 12.5 Å². The summed E-state index contributed by atoms with van der Waals surface area (Å²) >= 11 is 0. The zero-order chi connectivity index (χ0) is 29.5. The van der Waals surface area contributed by atoms with Crippen molar-refractivity contribution in [2.24, 2.45) is 5.92 Å². The molecule has 0 amide bonds. The Morgan fingerprint density at radius 2 is 1.47 bits per heavy atom. The summed E-state index contributed by atoms with van der Waals surface area (Å²) < 4.78 is 24.6. The summed E-state index contributed by atoms with van der Waals surface area (Å²) in [6, 6.07) is 0. The third-order valence-corrected chi connectivity index (χ3v) is 18.7. The van der Waals surface area contributed by atoms with E-state index in [0.717, 1.165) is 12.8 Å². The highest BCUT2D eigenvalue weighted by molar-refractivity contribution is 6.74. The lowest BCUT2D eigenvalue weighted by molar-refractivity contribution is -0.130. The standard InChI is InChI=1S/C30H56O6Si2/c1-21(36-38(13,14)28(6,7)8)19-24(32)22(2)23(31)15-17-29(9)25(34-29)16-18-30(10)26(35-30)20-33-37(11,12)27(3,4)5/h15,17,21-22,25-26H,16,18-20H2,1-14H3/b17-15+/t21-,22?,25-,26-,29-,30-/m1/s1. The number of hydrogen-bond acceptors (Lipinski definition) is 6. The normalized spacial score (nSPS) is 29.8. The van der Waals surface area contributed by atoms with Crippen LogP contribution in [0.5, 0.6) is 0 Å². The average Bonchev–Trinajstić information content (AvgIpc) is 3.61. The Morgan fingerprint density at radius 1 is 0.921 bits per heavy atom. The number of rotatable bonds is 14. The number of epoxide rings is 2. The maximum Gasteiger partial charge on any atom is 0.192 e. The molecule has 38 heavy (non-hydrogen) atoms. The molecule has 0 N–H and O–H groups in total. The Hall–Kier alpha value is -0.646. The highest BCUT2D eigenvalue weighted by Crippen LogP contribution is 2.47. The number of ketones is 2. The van der Waals surface area contributed by atoms with Crippen molar-refractivity contribution in [2.45, 2.75) is 154 Å². The van der Waals surface area contributed by atoms with Crippen LogP contribution in [0, 0.1) is 5.92 Å². The molecule has 0 aromatic heterocycles. The molecule has 2 aliphatic rings. The minimum atomic E-state index is -1.96. The first-order valence-corrected chi connectivity index (χ1v) is 20.2. The Morgan fingerprint density at radius 3 is 2.00 bits per heavy atom. The summed E-state index contributed by atoms with van der Waals surface area (Å²) in [5.41, 5.74) is -0.631. The van der Waals surface area contributed by atoms with E-state index < -0.39 is 28.2 Å². The molecule has 8 heteroatoms. The lowest BCUT2D eigenvalue weighted by Crippen LogP contribution is -2.44. The monoisotopic (exact) mass is 568 g/mol. The fourth-order valence-electron chi connectivity index (χ4n) is 4.14. The van der Waals surface area contributed by atoms with E-state index in [1.807, 2.05) is 19.9 Å². The molecule has 6 atom stereocenters. The van der Waals surface area contributed by atoms with Crippen LogP contribution in [0.3, 0.4) is 0 Å². The molecule has 2 heterocycles. The zero-order valence-corrected chi connectivity index (χ0v) is 28.7. The van der Waals surface area contributed by atoms with E-state index in [1.54, 1.807) is 6.92 Å². The van der Waals surface area contributed by atoms with Gasteiger partial charge < -0.3 is 18.3 Å². The first-order valence-electron chi connectivity index (χ1n) is 14.4. The molecular formula is C30H56O6Si2. The smallest absolute Gasteiger partial charge is 0.192 e. The predicted octanol–water partition coefficient (Wildman–Crippen LogP) is 7.23. The number of allylic oxidation sites excluding steroid dienone is 1. The maximum atomic E-state index is 12.8. The zero-order valence-electron chi connectivity index (χ0n) is 26.7. The van der Waals surface area contributed by atoms with E-state index in [2.05, 4.69) is 74.7 Å². The topological polar surface area (TPSA) is 77.7 Å². The van der Waals surface area contributed by atoms with Crippen LogP contribution in [-0.2, 0) is 27.9 Å². The summed E-state index contributed by atoms with van der Waals surface area (Å²) in [6.07, 6.45) is 5.36. The van der Waals surface area contributed by atoms with Crippen molar-refractivity contribution in [1.82, 2.24) is 0 Å². The van der Waals surface area contributed by atoms with Crippen molar-refractivity contribution >= 4 is 28.2 Å². The van der Waals surface area contributed by atoms with Gasteiger partial charge in [-0.3, -0.25) is 9.59 Å². The van der Waals surface area contributed by atoms with Crippen molar-refractivity contribution in [2.75, 3.05) is 6.61 Å². The largest absolute Gasteiger partial charge is 0.414 e. The fraction of sp³-hybridized carbons (Fsp3) is 0.867. The van der Waals surface area contributed by atoms with Crippen LogP contribution in [0.15, 0.2) is 12.2 Å². The van der Waals surface area contributed by atoms with Gasteiger partial charge in [0.05, 0.1) is 24.2 Å². The molecular weight excluding hydrogens is 512 g/mol. The molecule has 6 nitrogen and oxygen atoms in total. The number of carbonyl (C=O) groups excluding carboxylic acids is 2. The number of Topliss-reactive ketones (excluding diaryl/α,β-unsaturated/α-hetero) is 1. The van der Waals surface area contributed by atoms with Crippen molar-refractivity contribution in [3.63, 3.8) is 0 Å². The minimum absolute atomic E-state index is 0.0542. The van der Waals surface area contributed by atoms with Gasteiger partial charge in [0.2, 0.25) is 0 Å². The molecule has 0 spiro atoms. The first kappa shape index (κ1) is 33.6. The number of carbonyl (C=O) groups is 2. The van der Waals surface area contributed by atoms with Gasteiger partial charge in [0.15, 0.2) is 22.4 Å². The van der Waals surface area contributed by atoms with Crippen molar-refractivity contribution in [1.29, 1.82) is 0 Å². The highest BCUT2D eigenvalue weighted by Gasteiger charge is 2.56. The quantitative estimate of drug-likeness (QED) is 0.0952. The molecule has 0 radical (unpaired) electrons. The molecule has 0 aliphatic carbocycles. The van der Waals surface area contributed by atoms with Crippen LogP contribution in [0.1, 0.15) is 88.5 Å². The fourth-order valence-corrected chi connectivity index (χ4v) is 6.58. The van der Waals surface area contributed by atoms with Crippen LogP contribution in [0.25, 0.3) is 0 Å². The third-order valence-electron chi connectivity index (χ3n) is 9.60. The molecule has 2 rings (SSSR count). The second-order valence-corrected chi connectivity index (χ2v) is 24.7. The predicted molar refractivity (Wildman–Crippen MR) is 160 cm³/mol. The molecule has 2 aliphatic heterocycles. The minimum Gasteiger partial charge on any atom is -0.414 e. The summed E-state index contributed by atoms with van der Waals surface area (Å²) in [5.74, 6) is -0.933. The Bertz CT molecular complexity index is 899. The molecule has 0 aromatic carbocycles. The molecule has 220 valence electrons. The van der Waals surface area contributed by atoms with Crippen LogP contribution in [-0.4, -0.2) is 64.3 Å². The Labute approximate surface area is 234 Å². The van der Waals surface area contributed by atoms with E-state index in [1.165, 1.54) is 6.08 Å². The first-order chi connectivity index (χ1) is 16.9. The van der Waals surface area contributed by atoms with E-state index in [0.29, 0.717) is 6.61 Å². The van der Waals surface area contributed by atoms with Crippen LogP contribution in [0.4, 0.5) is 0 Å². The van der Waals surface area contributed by atoms with Gasteiger partial charge in [-0.25, -0.2) is 0 Å². The van der Waals surface area contributed by atoms with Crippen LogP contribution < -0.4 is 0 Å². The Kier molecular flexibility index (Phi) is 10.00. The lowest BCUT2D eigenvalue weighted by Gasteiger charge is -2.38. The van der Waals surface area contributed by atoms with Gasteiger partial charge >= 0.3 is 0 Å². The molecule has 0 bridgehead atoms. The Balaban J connectivity index is 1.78. The second kappa shape index (κ2) is 11.3. The molecule has 2 saturated heterocycles. The SMILES string of the molecule is CC(C(=O)/C=C/[C@@]1(C)O[C@@H]1CC[C@@]1(C)O[C@@H]1CO[Si](C)(C)C(C)(C)C)C(=O)C[C@@H](C)O[Si](C)(C)C(C)(C)C. The average molecular weight is 569 g/mol. The van der Waals surface area contributed by atoms with Crippen molar-refractivity contribution in [3.8, 4) is 0 Å². The third kappa shape index (κ3) is 8.43. The van der Waals surface area contributed by atoms with Crippen LogP contribution >= 0.6 is 0 Å². The van der Waals surface area contributed by atoms with Gasteiger partial charge in [-0.1, -0.05) is 41.5 Å². The van der Waals surface area contributed by atoms with Gasteiger partial charge in [0.1, 0.15) is 17.5 Å². The van der Waals surface area contributed by atoms with E-state index in [-0.39, 0.29) is 52.0 Å². The summed E-state index contributed by atoms with van der Waals surface area (Å²) in [7, 11) is -3.75. The maximum absolute atomic E-state index is 12.8.